The lowest BCUT2D eigenvalue weighted by atomic mass is 10.2. The van der Waals surface area contributed by atoms with E-state index in [1.165, 1.54) is 0 Å². The second-order valence-electron chi connectivity index (χ2n) is 4.48. The maximum absolute atomic E-state index is 11.7. The van der Waals surface area contributed by atoms with E-state index in [1.807, 2.05) is 6.92 Å². The van der Waals surface area contributed by atoms with Gasteiger partial charge in [0, 0.05) is 12.5 Å². The normalized spacial score (nSPS) is 12.8. The van der Waals surface area contributed by atoms with Crippen LogP contribution >= 0.6 is 0 Å². The number of nitrogens with one attached hydrogen (secondary N) is 2. The lowest BCUT2D eigenvalue weighted by Crippen LogP contribution is -2.20. The Kier molecular flexibility index (Phi) is 5.31. The van der Waals surface area contributed by atoms with Crippen molar-refractivity contribution in [2.24, 2.45) is 5.73 Å². The van der Waals surface area contributed by atoms with Gasteiger partial charge in [-0.05, 0) is 25.5 Å². The van der Waals surface area contributed by atoms with Crippen molar-refractivity contribution in [1.29, 1.82) is 0 Å². The average Bonchev–Trinajstić information content (AvgIpc) is 2.27. The first kappa shape index (κ1) is 15.5. The van der Waals surface area contributed by atoms with E-state index in [2.05, 4.69) is 10.0 Å². The summed E-state index contributed by atoms with van der Waals surface area (Å²) in [5.74, 6) is -0.194. The summed E-state index contributed by atoms with van der Waals surface area (Å²) in [7, 11) is -3.38. The van der Waals surface area contributed by atoms with E-state index in [4.69, 9.17) is 5.73 Å². The summed E-state index contributed by atoms with van der Waals surface area (Å²) in [5, 5.41) is 2.67. The number of para-hydroxylation sites is 2. The molecule has 0 bridgehead atoms. The number of anilines is 2. The summed E-state index contributed by atoms with van der Waals surface area (Å²) < 4.78 is 24.8. The van der Waals surface area contributed by atoms with Gasteiger partial charge < -0.3 is 11.1 Å². The number of carbonyl (C=O) groups excluding carboxylic acids is 1. The molecule has 1 atom stereocenters. The molecule has 19 heavy (non-hydrogen) atoms. The van der Waals surface area contributed by atoms with Crippen LogP contribution in [-0.4, -0.2) is 26.6 Å². The highest BCUT2D eigenvalue weighted by Gasteiger charge is 2.10. The van der Waals surface area contributed by atoms with Gasteiger partial charge in [0.2, 0.25) is 15.9 Å². The average molecular weight is 285 g/mol. The van der Waals surface area contributed by atoms with Gasteiger partial charge in [0.25, 0.3) is 0 Å². The van der Waals surface area contributed by atoms with Crippen LogP contribution in [0.1, 0.15) is 19.8 Å². The molecule has 1 aromatic rings. The molecule has 0 aliphatic rings. The van der Waals surface area contributed by atoms with Crippen molar-refractivity contribution in [3.8, 4) is 0 Å². The van der Waals surface area contributed by atoms with Gasteiger partial charge >= 0.3 is 0 Å². The maximum Gasteiger partial charge on any atom is 0.229 e. The first-order valence-electron chi connectivity index (χ1n) is 5.90. The van der Waals surface area contributed by atoms with Crippen LogP contribution in [-0.2, 0) is 14.8 Å². The van der Waals surface area contributed by atoms with Gasteiger partial charge in [-0.2, -0.15) is 0 Å². The number of hydrogen-bond donors (Lipinski definition) is 3. The molecule has 0 aliphatic heterocycles. The molecular weight excluding hydrogens is 266 g/mol. The molecule has 0 fully saturated rings. The molecule has 1 unspecified atom stereocenters. The molecule has 0 heterocycles. The van der Waals surface area contributed by atoms with Crippen LogP contribution in [0.3, 0.4) is 0 Å². The van der Waals surface area contributed by atoms with Gasteiger partial charge in [0.05, 0.1) is 17.6 Å². The predicted octanol–water partition coefficient (Wildman–Crippen LogP) is 1.12. The smallest absolute Gasteiger partial charge is 0.229 e. The van der Waals surface area contributed by atoms with E-state index in [-0.39, 0.29) is 11.9 Å². The van der Waals surface area contributed by atoms with Crippen LogP contribution in [0.5, 0.6) is 0 Å². The first-order chi connectivity index (χ1) is 8.78. The zero-order chi connectivity index (χ0) is 14.5. The molecule has 1 aromatic carbocycles. The number of hydrogen-bond acceptors (Lipinski definition) is 4. The van der Waals surface area contributed by atoms with Crippen molar-refractivity contribution in [2.75, 3.05) is 16.3 Å². The molecule has 0 aromatic heterocycles. The minimum Gasteiger partial charge on any atom is -0.328 e. The third kappa shape index (κ3) is 6.21. The summed E-state index contributed by atoms with van der Waals surface area (Å²) in [4.78, 5) is 11.7. The lowest BCUT2D eigenvalue weighted by molar-refractivity contribution is -0.116. The predicted molar refractivity (Wildman–Crippen MR) is 76.4 cm³/mol. The van der Waals surface area contributed by atoms with E-state index in [1.54, 1.807) is 24.3 Å². The largest absolute Gasteiger partial charge is 0.328 e. The minimum absolute atomic E-state index is 0.0462. The molecule has 0 saturated carbocycles. The van der Waals surface area contributed by atoms with Crippen LogP contribution in [0.2, 0.25) is 0 Å². The number of carbonyl (C=O) groups is 1. The fourth-order valence-corrected chi connectivity index (χ4v) is 2.03. The second-order valence-corrected chi connectivity index (χ2v) is 6.23. The van der Waals surface area contributed by atoms with Crippen molar-refractivity contribution < 1.29 is 13.2 Å². The number of nitrogens with two attached hydrogens (primary N) is 1. The third-order valence-electron chi connectivity index (χ3n) is 2.32. The Labute approximate surface area is 113 Å². The van der Waals surface area contributed by atoms with Crippen molar-refractivity contribution in [1.82, 2.24) is 0 Å². The summed E-state index contributed by atoms with van der Waals surface area (Å²) in [5.41, 5.74) is 6.35. The topological polar surface area (TPSA) is 101 Å². The van der Waals surface area contributed by atoms with Gasteiger partial charge in [-0.15, -0.1) is 0 Å². The molecule has 1 amide bonds. The van der Waals surface area contributed by atoms with E-state index in [9.17, 15) is 13.2 Å². The highest BCUT2D eigenvalue weighted by Crippen LogP contribution is 2.22. The standard InChI is InChI=1S/C12H19N3O3S/c1-9(13)7-8-12(16)14-10-5-3-4-6-11(10)15-19(2,17)18/h3-6,9,15H,7-8,13H2,1-2H3,(H,14,16). The summed E-state index contributed by atoms with van der Waals surface area (Å²) in [6, 6.07) is 6.58. The molecule has 6 nitrogen and oxygen atoms in total. The summed E-state index contributed by atoms with van der Waals surface area (Å²) >= 11 is 0. The SMILES string of the molecule is CC(N)CCC(=O)Nc1ccccc1NS(C)(=O)=O. The Morgan fingerprint density at radius 3 is 2.42 bits per heavy atom. The van der Waals surface area contributed by atoms with Crippen LogP contribution in [0.25, 0.3) is 0 Å². The summed E-state index contributed by atoms with van der Waals surface area (Å²) in [6.45, 7) is 1.83. The Balaban J connectivity index is 2.75. The van der Waals surface area contributed by atoms with Gasteiger partial charge in [-0.1, -0.05) is 12.1 Å². The van der Waals surface area contributed by atoms with Crippen molar-refractivity contribution in [3.63, 3.8) is 0 Å². The van der Waals surface area contributed by atoms with Crippen LogP contribution in [0.4, 0.5) is 11.4 Å². The zero-order valence-corrected chi connectivity index (χ0v) is 11.8. The molecule has 0 radical (unpaired) electrons. The van der Waals surface area contributed by atoms with Crippen LogP contribution in [0, 0.1) is 0 Å². The van der Waals surface area contributed by atoms with Gasteiger partial charge in [-0.3, -0.25) is 9.52 Å². The van der Waals surface area contributed by atoms with Crippen molar-refractivity contribution in [2.45, 2.75) is 25.8 Å². The Hall–Kier alpha value is -1.60. The highest BCUT2D eigenvalue weighted by molar-refractivity contribution is 7.92. The molecule has 1 rings (SSSR count). The van der Waals surface area contributed by atoms with Crippen LogP contribution in [0.15, 0.2) is 24.3 Å². The minimum atomic E-state index is -3.38. The quantitative estimate of drug-likeness (QED) is 0.729. The lowest BCUT2D eigenvalue weighted by Gasteiger charge is -2.12. The second kappa shape index (κ2) is 6.53. The van der Waals surface area contributed by atoms with Gasteiger partial charge in [0.1, 0.15) is 0 Å². The Bertz CT molecular complexity index is 541. The Morgan fingerprint density at radius 1 is 1.32 bits per heavy atom. The maximum atomic E-state index is 11.7. The molecule has 106 valence electrons. The van der Waals surface area contributed by atoms with Crippen molar-refractivity contribution >= 4 is 27.3 Å². The van der Waals surface area contributed by atoms with Crippen LogP contribution < -0.4 is 15.8 Å². The van der Waals surface area contributed by atoms with Crippen molar-refractivity contribution in [3.05, 3.63) is 24.3 Å². The third-order valence-corrected chi connectivity index (χ3v) is 2.91. The van der Waals surface area contributed by atoms with E-state index >= 15 is 0 Å². The monoisotopic (exact) mass is 285 g/mol. The number of benzene rings is 1. The highest BCUT2D eigenvalue weighted by atomic mass is 32.2. The zero-order valence-electron chi connectivity index (χ0n) is 11.0. The summed E-state index contributed by atoms with van der Waals surface area (Å²) in [6.07, 6.45) is 1.93. The molecule has 0 saturated heterocycles. The number of amides is 1. The van der Waals surface area contributed by atoms with E-state index in [0.29, 0.717) is 24.2 Å². The Morgan fingerprint density at radius 2 is 1.89 bits per heavy atom. The molecule has 7 heteroatoms. The van der Waals surface area contributed by atoms with Gasteiger partial charge in [-0.25, -0.2) is 8.42 Å². The fourth-order valence-electron chi connectivity index (χ4n) is 1.45. The molecular formula is C12H19N3O3S. The number of sulfonamides is 1. The van der Waals surface area contributed by atoms with E-state index < -0.39 is 10.0 Å². The number of rotatable bonds is 6. The fraction of sp³-hybridized carbons (Fsp3) is 0.417. The molecule has 0 aliphatic carbocycles. The van der Waals surface area contributed by atoms with E-state index in [0.717, 1.165) is 6.26 Å². The molecule has 0 spiro atoms. The first-order valence-corrected chi connectivity index (χ1v) is 7.79. The molecule has 4 N–H and O–H groups in total. The van der Waals surface area contributed by atoms with Gasteiger partial charge in [0.15, 0.2) is 0 Å².